The molecule has 6 rings (SSSR count). The average molecular weight is 367 g/mol. The van der Waals surface area contributed by atoms with Crippen LogP contribution in [0.1, 0.15) is 24.3 Å². The van der Waals surface area contributed by atoms with E-state index in [0.717, 1.165) is 29.3 Å². The van der Waals surface area contributed by atoms with Gasteiger partial charge >= 0.3 is 0 Å². The number of rotatable bonds is 2. The zero-order valence-electron chi connectivity index (χ0n) is 15.5. The van der Waals surface area contributed by atoms with E-state index in [1.165, 1.54) is 10.5 Å². The first kappa shape index (κ1) is 16.1. The number of amides is 2. The number of hydrogen-bond donors (Lipinski definition) is 0. The number of nitrogens with zero attached hydrogens (tertiary/aromatic N) is 1. The van der Waals surface area contributed by atoms with Crippen LogP contribution in [0, 0.1) is 23.7 Å². The fourth-order valence-corrected chi connectivity index (χ4v) is 6.11. The highest BCUT2D eigenvalue weighted by Crippen LogP contribution is 2.61. The molecule has 2 saturated carbocycles. The van der Waals surface area contributed by atoms with Gasteiger partial charge in [-0.05, 0) is 59.1 Å². The highest BCUT2D eigenvalue weighted by Gasteiger charge is 2.64. The number of anilines is 1. The quantitative estimate of drug-likeness (QED) is 0.612. The summed E-state index contributed by atoms with van der Waals surface area (Å²) in [6, 6.07) is 24.5. The SMILES string of the molecule is O=C1[C@@H]2[C@H]3C[C@@H]([C@@H]2C(=O)N1c1ccc2ccccc2c1)[C@H](c1ccccc1)C3. The maximum absolute atomic E-state index is 13.4. The first-order valence-electron chi connectivity index (χ1n) is 10.1. The second-order valence-corrected chi connectivity index (χ2v) is 8.51. The van der Waals surface area contributed by atoms with Gasteiger partial charge in [0.2, 0.25) is 11.8 Å². The molecule has 138 valence electrons. The molecule has 28 heavy (non-hydrogen) atoms. The van der Waals surface area contributed by atoms with Crippen molar-refractivity contribution in [3.05, 3.63) is 78.4 Å². The molecule has 0 radical (unpaired) electrons. The van der Waals surface area contributed by atoms with Crippen molar-refractivity contribution in [3.8, 4) is 0 Å². The summed E-state index contributed by atoms with van der Waals surface area (Å²) in [5.41, 5.74) is 2.04. The maximum atomic E-state index is 13.4. The van der Waals surface area contributed by atoms with Crippen molar-refractivity contribution in [2.24, 2.45) is 23.7 Å². The van der Waals surface area contributed by atoms with E-state index in [1.54, 1.807) is 0 Å². The number of hydrogen-bond acceptors (Lipinski definition) is 2. The minimum Gasteiger partial charge on any atom is -0.274 e. The van der Waals surface area contributed by atoms with Crippen molar-refractivity contribution < 1.29 is 9.59 Å². The van der Waals surface area contributed by atoms with Crippen LogP contribution < -0.4 is 4.90 Å². The van der Waals surface area contributed by atoms with Gasteiger partial charge in [-0.15, -0.1) is 0 Å². The fraction of sp³-hybridized carbons (Fsp3) is 0.280. The highest BCUT2D eigenvalue weighted by atomic mass is 16.2. The monoisotopic (exact) mass is 367 g/mol. The van der Waals surface area contributed by atoms with Gasteiger partial charge in [-0.2, -0.15) is 0 Å². The van der Waals surface area contributed by atoms with Crippen LogP contribution >= 0.6 is 0 Å². The van der Waals surface area contributed by atoms with Crippen molar-refractivity contribution >= 4 is 28.3 Å². The van der Waals surface area contributed by atoms with Crippen molar-refractivity contribution in [3.63, 3.8) is 0 Å². The molecular formula is C25H21NO2. The molecule has 3 aromatic carbocycles. The van der Waals surface area contributed by atoms with Crippen molar-refractivity contribution in [1.29, 1.82) is 0 Å². The standard InChI is InChI=1S/C25H21NO2/c27-24-22-18-13-20(16-7-2-1-3-8-16)21(14-18)23(22)25(28)26(24)19-11-10-15-6-4-5-9-17(15)12-19/h1-12,18,20-23H,13-14H2/t18-,20+,21-,22-,23+/m1/s1. The largest absolute Gasteiger partial charge is 0.274 e. The first-order chi connectivity index (χ1) is 13.7. The summed E-state index contributed by atoms with van der Waals surface area (Å²) in [4.78, 5) is 28.2. The van der Waals surface area contributed by atoms with Gasteiger partial charge in [0.15, 0.2) is 0 Å². The third-order valence-electron chi connectivity index (χ3n) is 7.23. The predicted octanol–water partition coefficient (Wildman–Crippen LogP) is 4.77. The summed E-state index contributed by atoms with van der Waals surface area (Å²) >= 11 is 0. The van der Waals surface area contributed by atoms with E-state index in [2.05, 4.69) is 24.3 Å². The number of fused-ring (bicyclic) bond motifs is 6. The Kier molecular flexibility index (Phi) is 3.31. The highest BCUT2D eigenvalue weighted by molar-refractivity contribution is 6.23. The summed E-state index contributed by atoms with van der Waals surface area (Å²) in [6.07, 6.45) is 2.04. The van der Waals surface area contributed by atoms with Crippen LogP contribution in [0.15, 0.2) is 72.8 Å². The van der Waals surface area contributed by atoms with E-state index < -0.39 is 0 Å². The van der Waals surface area contributed by atoms with Crippen LogP contribution in [-0.2, 0) is 9.59 Å². The molecule has 3 nitrogen and oxygen atoms in total. The Labute approximate surface area is 164 Å². The Morgan fingerprint density at radius 3 is 2.25 bits per heavy atom. The van der Waals surface area contributed by atoms with E-state index in [9.17, 15) is 9.59 Å². The van der Waals surface area contributed by atoms with Crippen LogP contribution in [0.4, 0.5) is 5.69 Å². The van der Waals surface area contributed by atoms with Crippen LogP contribution in [0.5, 0.6) is 0 Å². The molecule has 2 bridgehead atoms. The third kappa shape index (κ3) is 2.10. The normalized spacial score (nSPS) is 31.0. The first-order valence-corrected chi connectivity index (χ1v) is 10.1. The topological polar surface area (TPSA) is 37.4 Å². The number of carbonyl (C=O) groups is 2. The molecule has 2 amide bonds. The molecule has 0 spiro atoms. The van der Waals surface area contributed by atoms with Crippen LogP contribution in [0.25, 0.3) is 10.8 Å². The molecule has 0 unspecified atom stereocenters. The minimum atomic E-state index is -0.150. The molecule has 3 fully saturated rings. The van der Waals surface area contributed by atoms with Gasteiger partial charge in [0.1, 0.15) is 0 Å². The molecule has 0 N–H and O–H groups in total. The number of carbonyl (C=O) groups excluding carboxylic acids is 2. The molecule has 3 aliphatic rings. The zero-order valence-corrected chi connectivity index (χ0v) is 15.5. The van der Waals surface area contributed by atoms with E-state index in [-0.39, 0.29) is 23.7 Å². The molecular weight excluding hydrogens is 346 g/mol. The van der Waals surface area contributed by atoms with Crippen molar-refractivity contribution in [2.45, 2.75) is 18.8 Å². The van der Waals surface area contributed by atoms with Crippen LogP contribution in [-0.4, -0.2) is 11.8 Å². The smallest absolute Gasteiger partial charge is 0.237 e. The lowest BCUT2D eigenvalue weighted by Crippen LogP contribution is -2.32. The predicted molar refractivity (Wildman–Crippen MR) is 109 cm³/mol. The summed E-state index contributed by atoms with van der Waals surface area (Å²) in [5.74, 6) is 0.789. The van der Waals surface area contributed by atoms with Gasteiger partial charge in [-0.25, -0.2) is 0 Å². The van der Waals surface area contributed by atoms with Gasteiger partial charge in [-0.3, -0.25) is 14.5 Å². The lowest BCUT2D eigenvalue weighted by atomic mass is 9.73. The van der Waals surface area contributed by atoms with E-state index in [0.29, 0.717) is 17.8 Å². The number of benzene rings is 3. The van der Waals surface area contributed by atoms with E-state index >= 15 is 0 Å². The summed E-state index contributed by atoms with van der Waals surface area (Å²) in [6.45, 7) is 0. The second kappa shape index (κ2) is 5.78. The molecule has 1 saturated heterocycles. The molecule has 1 aliphatic heterocycles. The number of imide groups is 1. The Morgan fingerprint density at radius 2 is 1.43 bits per heavy atom. The summed E-state index contributed by atoms with van der Waals surface area (Å²) in [7, 11) is 0. The molecule has 3 heteroatoms. The Bertz CT molecular complexity index is 1110. The molecule has 3 aromatic rings. The van der Waals surface area contributed by atoms with Crippen LogP contribution in [0.2, 0.25) is 0 Å². The molecule has 1 heterocycles. The Morgan fingerprint density at radius 1 is 0.714 bits per heavy atom. The third-order valence-corrected chi connectivity index (χ3v) is 7.23. The Balaban J connectivity index is 1.37. The van der Waals surface area contributed by atoms with Gasteiger partial charge in [0.25, 0.3) is 0 Å². The summed E-state index contributed by atoms with van der Waals surface area (Å²) in [5, 5.41) is 2.18. The van der Waals surface area contributed by atoms with Gasteiger partial charge in [0.05, 0.1) is 17.5 Å². The van der Waals surface area contributed by atoms with E-state index in [1.807, 2.05) is 48.5 Å². The van der Waals surface area contributed by atoms with Crippen molar-refractivity contribution in [2.75, 3.05) is 4.90 Å². The molecule has 2 aliphatic carbocycles. The Hall–Kier alpha value is -2.94. The van der Waals surface area contributed by atoms with Gasteiger partial charge < -0.3 is 0 Å². The fourth-order valence-electron chi connectivity index (χ4n) is 6.11. The summed E-state index contributed by atoms with van der Waals surface area (Å²) < 4.78 is 0. The zero-order chi connectivity index (χ0) is 18.8. The van der Waals surface area contributed by atoms with E-state index in [4.69, 9.17) is 0 Å². The van der Waals surface area contributed by atoms with Gasteiger partial charge in [0, 0.05) is 0 Å². The second-order valence-electron chi connectivity index (χ2n) is 8.51. The average Bonchev–Trinajstić information content (AvgIpc) is 3.40. The van der Waals surface area contributed by atoms with Gasteiger partial charge in [-0.1, -0.05) is 60.7 Å². The maximum Gasteiger partial charge on any atom is 0.237 e. The van der Waals surface area contributed by atoms with Crippen LogP contribution in [0.3, 0.4) is 0 Å². The van der Waals surface area contributed by atoms with Crippen molar-refractivity contribution in [1.82, 2.24) is 0 Å². The lowest BCUT2D eigenvalue weighted by molar-refractivity contribution is -0.123. The molecule has 0 aromatic heterocycles. The minimum absolute atomic E-state index is 0.0124. The molecule has 5 atom stereocenters. The lowest BCUT2D eigenvalue weighted by Gasteiger charge is -2.28.